The molecule has 0 saturated heterocycles. The lowest BCUT2D eigenvalue weighted by Crippen LogP contribution is -2.46. The van der Waals surface area contributed by atoms with Crippen molar-refractivity contribution in [3.05, 3.63) is 17.0 Å². The van der Waals surface area contributed by atoms with Crippen molar-refractivity contribution in [3.8, 4) is 0 Å². The van der Waals surface area contributed by atoms with E-state index in [0.29, 0.717) is 12.0 Å². The molecule has 1 fully saturated rings. The molecule has 1 aliphatic carbocycles. The molecule has 2 N–H and O–H groups in total. The van der Waals surface area contributed by atoms with E-state index < -0.39 is 0 Å². The van der Waals surface area contributed by atoms with Crippen LogP contribution in [0.4, 0.5) is 0 Å². The van der Waals surface area contributed by atoms with Crippen LogP contribution in [0.2, 0.25) is 0 Å². The van der Waals surface area contributed by atoms with Crippen LogP contribution < -0.4 is 10.6 Å². The van der Waals surface area contributed by atoms with Crippen molar-refractivity contribution >= 4 is 5.96 Å². The molecule has 5 heteroatoms. The molecular formula is C20H36N4O. The van der Waals surface area contributed by atoms with Gasteiger partial charge in [-0.15, -0.1) is 0 Å². The Morgan fingerprint density at radius 3 is 2.56 bits per heavy atom. The smallest absolute Gasteiger partial charge is 0.191 e. The Kier molecular flexibility index (Phi) is 7.79. The Balaban J connectivity index is 1.89. The van der Waals surface area contributed by atoms with Gasteiger partial charge in [-0.25, -0.2) is 0 Å². The molecule has 0 spiro atoms. The second-order valence-electron chi connectivity index (χ2n) is 7.50. The monoisotopic (exact) mass is 348 g/mol. The third kappa shape index (κ3) is 5.75. The first-order valence-corrected chi connectivity index (χ1v) is 9.99. The van der Waals surface area contributed by atoms with Crippen molar-refractivity contribution in [1.29, 1.82) is 0 Å². The van der Waals surface area contributed by atoms with Crippen molar-refractivity contribution in [1.82, 2.24) is 15.8 Å². The molecule has 1 aromatic rings. The van der Waals surface area contributed by atoms with Crippen molar-refractivity contribution in [2.45, 2.75) is 79.2 Å². The molecule has 25 heavy (non-hydrogen) atoms. The van der Waals surface area contributed by atoms with Gasteiger partial charge in [0.1, 0.15) is 5.76 Å². The van der Waals surface area contributed by atoms with Gasteiger partial charge in [-0.05, 0) is 46.0 Å². The van der Waals surface area contributed by atoms with Crippen LogP contribution in [-0.4, -0.2) is 30.2 Å². The molecule has 142 valence electrons. The maximum atomic E-state index is 5.23. The van der Waals surface area contributed by atoms with Crippen LogP contribution in [0.5, 0.6) is 0 Å². The number of aliphatic imine (C=N–C) groups is 1. The summed E-state index contributed by atoms with van der Waals surface area (Å²) in [6.45, 7) is 12.4. The number of aromatic nitrogens is 1. The van der Waals surface area contributed by atoms with Gasteiger partial charge in [-0.2, -0.15) is 0 Å². The molecule has 0 radical (unpaired) electrons. The fourth-order valence-corrected chi connectivity index (χ4v) is 3.87. The van der Waals surface area contributed by atoms with Gasteiger partial charge in [-0.3, -0.25) is 4.99 Å². The van der Waals surface area contributed by atoms with Crippen LogP contribution >= 0.6 is 0 Å². The zero-order chi connectivity index (χ0) is 18.2. The summed E-state index contributed by atoms with van der Waals surface area (Å²) in [6, 6.07) is 0.431. The number of nitrogens with one attached hydrogen (secondary N) is 2. The average Bonchev–Trinajstić information content (AvgIpc) is 2.93. The molecule has 5 nitrogen and oxygen atoms in total. The minimum Gasteiger partial charge on any atom is -0.361 e. The zero-order valence-electron chi connectivity index (χ0n) is 16.7. The fourth-order valence-electron chi connectivity index (χ4n) is 3.87. The van der Waals surface area contributed by atoms with Gasteiger partial charge >= 0.3 is 0 Å². The van der Waals surface area contributed by atoms with Gasteiger partial charge < -0.3 is 15.2 Å². The number of aryl methyl sites for hydroxylation is 2. The largest absolute Gasteiger partial charge is 0.361 e. The predicted octanol–water partition coefficient (Wildman–Crippen LogP) is 3.99. The van der Waals surface area contributed by atoms with Gasteiger partial charge in [0.15, 0.2) is 5.96 Å². The Bertz CT molecular complexity index is 526. The van der Waals surface area contributed by atoms with E-state index in [2.05, 4.69) is 36.6 Å². The first-order valence-electron chi connectivity index (χ1n) is 9.99. The molecule has 1 aliphatic rings. The summed E-state index contributed by atoms with van der Waals surface area (Å²) in [6.07, 6.45) is 7.83. The Morgan fingerprint density at radius 2 is 1.96 bits per heavy atom. The molecule has 1 aromatic heterocycles. The summed E-state index contributed by atoms with van der Waals surface area (Å²) in [7, 11) is 0. The fraction of sp³-hybridized carbons (Fsp3) is 0.800. The first kappa shape index (κ1) is 19.8. The topological polar surface area (TPSA) is 62.5 Å². The number of hydrogen-bond acceptors (Lipinski definition) is 3. The van der Waals surface area contributed by atoms with E-state index in [-0.39, 0.29) is 0 Å². The number of guanidine groups is 1. The molecule has 0 aromatic carbocycles. The summed E-state index contributed by atoms with van der Waals surface area (Å²) in [4.78, 5) is 4.76. The predicted molar refractivity (Wildman–Crippen MR) is 104 cm³/mol. The molecule has 2 rings (SSSR count). The second-order valence-corrected chi connectivity index (χ2v) is 7.50. The molecule has 2 unspecified atom stereocenters. The molecule has 0 bridgehead atoms. The lowest BCUT2D eigenvalue weighted by atomic mass is 9.78. The zero-order valence-corrected chi connectivity index (χ0v) is 16.7. The van der Waals surface area contributed by atoms with Gasteiger partial charge in [0.2, 0.25) is 0 Å². The van der Waals surface area contributed by atoms with E-state index in [1.165, 1.54) is 37.7 Å². The van der Waals surface area contributed by atoms with Gasteiger partial charge in [0, 0.05) is 24.7 Å². The van der Waals surface area contributed by atoms with Gasteiger partial charge in [0.25, 0.3) is 0 Å². The van der Waals surface area contributed by atoms with Crippen molar-refractivity contribution < 1.29 is 4.52 Å². The minimum atomic E-state index is 0.431. The van der Waals surface area contributed by atoms with Crippen LogP contribution in [0.3, 0.4) is 0 Å². The highest BCUT2D eigenvalue weighted by Crippen LogP contribution is 2.31. The maximum absolute atomic E-state index is 5.23. The highest BCUT2D eigenvalue weighted by atomic mass is 16.5. The van der Waals surface area contributed by atoms with E-state index in [0.717, 1.165) is 42.8 Å². The molecule has 1 heterocycles. The normalized spacial score (nSPS) is 18.8. The molecule has 1 saturated carbocycles. The molecule has 0 aliphatic heterocycles. The lowest BCUT2D eigenvalue weighted by Gasteiger charge is -2.32. The summed E-state index contributed by atoms with van der Waals surface area (Å²) >= 11 is 0. The van der Waals surface area contributed by atoms with E-state index in [1.807, 2.05) is 13.8 Å². The second kappa shape index (κ2) is 9.83. The van der Waals surface area contributed by atoms with E-state index in [4.69, 9.17) is 9.52 Å². The van der Waals surface area contributed by atoms with Gasteiger partial charge in [-0.1, -0.05) is 44.2 Å². The SMILES string of the molecule is CCNC(=NCCc1c(C)noc1C)NC(C)C(C)C1CCCCC1. The average molecular weight is 349 g/mol. The van der Waals surface area contributed by atoms with Crippen LogP contribution in [0.25, 0.3) is 0 Å². The summed E-state index contributed by atoms with van der Waals surface area (Å²) in [5.41, 5.74) is 2.16. The Hall–Kier alpha value is -1.52. The summed E-state index contributed by atoms with van der Waals surface area (Å²) < 4.78 is 5.23. The third-order valence-electron chi connectivity index (χ3n) is 5.70. The molecular weight excluding hydrogens is 312 g/mol. The molecule has 0 amide bonds. The van der Waals surface area contributed by atoms with E-state index in [1.54, 1.807) is 0 Å². The standard InChI is InChI=1S/C20H36N4O/c1-6-21-20(22-13-12-19-16(4)24-25-17(19)5)23-15(3)14(2)18-10-8-7-9-11-18/h14-15,18H,6-13H2,1-5H3,(H2,21,22,23). The summed E-state index contributed by atoms with van der Waals surface area (Å²) in [5, 5.41) is 11.0. The highest BCUT2D eigenvalue weighted by Gasteiger charge is 2.25. The number of rotatable bonds is 7. The van der Waals surface area contributed by atoms with Crippen LogP contribution in [0.15, 0.2) is 9.52 Å². The molecule has 2 atom stereocenters. The lowest BCUT2D eigenvalue weighted by molar-refractivity contribution is 0.229. The number of nitrogens with zero attached hydrogens (tertiary/aromatic N) is 2. The van der Waals surface area contributed by atoms with Crippen LogP contribution in [0, 0.1) is 25.7 Å². The Morgan fingerprint density at radius 1 is 1.24 bits per heavy atom. The van der Waals surface area contributed by atoms with Crippen molar-refractivity contribution in [2.75, 3.05) is 13.1 Å². The van der Waals surface area contributed by atoms with Crippen LogP contribution in [-0.2, 0) is 6.42 Å². The quantitative estimate of drug-likeness (QED) is 0.578. The summed E-state index contributed by atoms with van der Waals surface area (Å²) in [5.74, 6) is 3.35. The first-order chi connectivity index (χ1) is 12.0. The van der Waals surface area contributed by atoms with E-state index in [9.17, 15) is 0 Å². The number of hydrogen-bond donors (Lipinski definition) is 2. The minimum absolute atomic E-state index is 0.431. The van der Waals surface area contributed by atoms with Gasteiger partial charge in [0.05, 0.1) is 5.69 Å². The maximum Gasteiger partial charge on any atom is 0.191 e. The van der Waals surface area contributed by atoms with Crippen molar-refractivity contribution in [3.63, 3.8) is 0 Å². The van der Waals surface area contributed by atoms with E-state index >= 15 is 0 Å². The third-order valence-corrected chi connectivity index (χ3v) is 5.70. The van der Waals surface area contributed by atoms with Crippen LogP contribution in [0.1, 0.15) is 69.9 Å². The van der Waals surface area contributed by atoms with Crippen molar-refractivity contribution in [2.24, 2.45) is 16.8 Å². The highest BCUT2D eigenvalue weighted by molar-refractivity contribution is 5.80. The Labute approximate surface area is 153 Å².